The van der Waals surface area contributed by atoms with Crippen molar-refractivity contribution < 1.29 is 33.3 Å². The number of carbonyl (C=O) groups is 2. The van der Waals surface area contributed by atoms with E-state index in [1.54, 1.807) is 43.5 Å². The second-order valence-corrected chi connectivity index (χ2v) is 5.95. The van der Waals surface area contributed by atoms with Gasteiger partial charge in [-0.05, 0) is 29.3 Å². The maximum absolute atomic E-state index is 12.3. The molecule has 138 valence electrons. The van der Waals surface area contributed by atoms with E-state index in [0.717, 1.165) is 5.56 Å². The van der Waals surface area contributed by atoms with Gasteiger partial charge in [-0.3, -0.25) is 0 Å². The number of carbonyl (C=O) groups excluding carboxylic acids is 2. The standard InChI is InChI=1S/C20H16O7/c1-23-13-5-3-11(16(9-13)24-2)7-14-18(20(22)27-19(14)21)12-4-6-15-17(8-12)26-10-25-15/h3-6,8-9H,7,10H2,1-2H3. The topological polar surface area (TPSA) is 80.3 Å². The smallest absolute Gasteiger partial charge is 0.347 e. The first-order chi connectivity index (χ1) is 13.1. The normalized spacial score (nSPS) is 15.2. The van der Waals surface area contributed by atoms with Crippen molar-refractivity contribution in [1.29, 1.82) is 0 Å². The predicted octanol–water partition coefficient (Wildman–Crippen LogP) is 2.51. The molecule has 0 spiro atoms. The van der Waals surface area contributed by atoms with Crippen molar-refractivity contribution in [2.75, 3.05) is 21.0 Å². The highest BCUT2D eigenvalue weighted by Gasteiger charge is 2.35. The number of fused-ring (bicyclic) bond motifs is 1. The lowest BCUT2D eigenvalue weighted by molar-refractivity contribution is -0.150. The summed E-state index contributed by atoms with van der Waals surface area (Å²) >= 11 is 0. The molecule has 0 unspecified atom stereocenters. The van der Waals surface area contributed by atoms with Gasteiger partial charge in [0.2, 0.25) is 6.79 Å². The van der Waals surface area contributed by atoms with E-state index in [1.165, 1.54) is 7.11 Å². The Labute approximate surface area is 155 Å². The summed E-state index contributed by atoms with van der Waals surface area (Å²) in [4.78, 5) is 24.6. The van der Waals surface area contributed by atoms with Crippen molar-refractivity contribution in [1.82, 2.24) is 0 Å². The number of hydrogen-bond acceptors (Lipinski definition) is 7. The molecule has 2 aromatic rings. The van der Waals surface area contributed by atoms with Gasteiger partial charge < -0.3 is 23.7 Å². The Bertz CT molecular complexity index is 974. The lowest BCUT2D eigenvalue weighted by Crippen LogP contribution is -2.04. The van der Waals surface area contributed by atoms with Crippen LogP contribution in [0.5, 0.6) is 23.0 Å². The van der Waals surface area contributed by atoms with Gasteiger partial charge in [0, 0.05) is 12.5 Å². The molecule has 0 radical (unpaired) electrons. The zero-order valence-corrected chi connectivity index (χ0v) is 14.7. The van der Waals surface area contributed by atoms with Crippen LogP contribution in [0.3, 0.4) is 0 Å². The van der Waals surface area contributed by atoms with Crippen molar-refractivity contribution in [3.63, 3.8) is 0 Å². The predicted molar refractivity (Wildman–Crippen MR) is 93.8 cm³/mol. The summed E-state index contributed by atoms with van der Waals surface area (Å²) in [6.07, 6.45) is 0.182. The fraction of sp³-hybridized carbons (Fsp3) is 0.200. The second kappa shape index (κ2) is 6.68. The van der Waals surface area contributed by atoms with Crippen molar-refractivity contribution in [2.24, 2.45) is 0 Å². The molecule has 4 rings (SSSR count). The number of benzene rings is 2. The van der Waals surface area contributed by atoms with Gasteiger partial charge in [0.15, 0.2) is 11.5 Å². The van der Waals surface area contributed by atoms with Crippen LogP contribution >= 0.6 is 0 Å². The lowest BCUT2D eigenvalue weighted by atomic mass is 9.96. The molecular weight excluding hydrogens is 352 g/mol. The van der Waals surface area contributed by atoms with Crippen LogP contribution in [-0.2, 0) is 20.7 Å². The van der Waals surface area contributed by atoms with Crippen molar-refractivity contribution in [2.45, 2.75) is 6.42 Å². The maximum atomic E-state index is 12.3. The molecule has 7 heteroatoms. The molecule has 0 bridgehead atoms. The third-order valence-corrected chi connectivity index (χ3v) is 4.46. The van der Waals surface area contributed by atoms with Crippen molar-refractivity contribution in [3.8, 4) is 23.0 Å². The largest absolute Gasteiger partial charge is 0.497 e. The minimum absolute atomic E-state index is 0.122. The summed E-state index contributed by atoms with van der Waals surface area (Å²) in [7, 11) is 3.09. The Morgan fingerprint density at radius 3 is 2.52 bits per heavy atom. The molecule has 0 amide bonds. The molecule has 0 fully saturated rings. The van der Waals surface area contributed by atoms with E-state index in [2.05, 4.69) is 0 Å². The highest BCUT2D eigenvalue weighted by atomic mass is 16.7. The maximum Gasteiger partial charge on any atom is 0.347 e. The highest BCUT2D eigenvalue weighted by Crippen LogP contribution is 2.38. The Balaban J connectivity index is 1.76. The van der Waals surface area contributed by atoms with Crippen LogP contribution in [0, 0.1) is 0 Å². The van der Waals surface area contributed by atoms with Crippen LogP contribution in [0.15, 0.2) is 42.0 Å². The Hall–Kier alpha value is -3.48. The Morgan fingerprint density at radius 1 is 0.926 bits per heavy atom. The third-order valence-electron chi connectivity index (χ3n) is 4.46. The molecule has 2 aromatic carbocycles. The summed E-state index contributed by atoms with van der Waals surface area (Å²) in [6, 6.07) is 10.3. The van der Waals surface area contributed by atoms with Crippen molar-refractivity contribution in [3.05, 3.63) is 53.1 Å². The monoisotopic (exact) mass is 368 g/mol. The van der Waals surface area contributed by atoms with Crippen molar-refractivity contribution >= 4 is 17.5 Å². The van der Waals surface area contributed by atoms with E-state index in [1.807, 2.05) is 0 Å². The minimum atomic E-state index is -0.679. The van der Waals surface area contributed by atoms with E-state index < -0.39 is 11.9 Å². The first kappa shape index (κ1) is 17.0. The molecule has 27 heavy (non-hydrogen) atoms. The average molecular weight is 368 g/mol. The summed E-state index contributed by atoms with van der Waals surface area (Å²) in [5, 5.41) is 0. The number of esters is 2. The lowest BCUT2D eigenvalue weighted by Gasteiger charge is -2.11. The Kier molecular flexibility index (Phi) is 4.19. The highest BCUT2D eigenvalue weighted by molar-refractivity contribution is 6.31. The number of ether oxygens (including phenoxy) is 5. The molecule has 0 aromatic heterocycles. The van der Waals surface area contributed by atoms with Gasteiger partial charge in [-0.2, -0.15) is 0 Å². The third kappa shape index (κ3) is 2.97. The van der Waals surface area contributed by atoms with Gasteiger partial charge in [0.05, 0.1) is 25.4 Å². The minimum Gasteiger partial charge on any atom is -0.497 e. The van der Waals surface area contributed by atoms with Gasteiger partial charge in [0.1, 0.15) is 11.5 Å². The molecular formula is C20H16O7. The molecule has 0 saturated heterocycles. The van der Waals surface area contributed by atoms with Crippen LogP contribution in [0.1, 0.15) is 11.1 Å². The van der Waals surface area contributed by atoms with E-state index in [-0.39, 0.29) is 24.4 Å². The molecule has 0 saturated carbocycles. The number of hydrogen-bond donors (Lipinski definition) is 0. The van der Waals surface area contributed by atoms with Gasteiger partial charge >= 0.3 is 11.9 Å². The van der Waals surface area contributed by atoms with E-state index >= 15 is 0 Å². The summed E-state index contributed by atoms with van der Waals surface area (Å²) in [5.41, 5.74) is 1.76. The van der Waals surface area contributed by atoms with Crippen LogP contribution in [0.2, 0.25) is 0 Å². The molecule has 2 aliphatic heterocycles. The van der Waals surface area contributed by atoms with Gasteiger partial charge in [0.25, 0.3) is 0 Å². The summed E-state index contributed by atoms with van der Waals surface area (Å²) in [5.74, 6) is 0.959. The quantitative estimate of drug-likeness (QED) is 0.592. The molecule has 2 aliphatic rings. The van der Waals surface area contributed by atoms with Crippen LogP contribution in [0.25, 0.3) is 5.57 Å². The van der Waals surface area contributed by atoms with Gasteiger partial charge in [-0.1, -0.05) is 12.1 Å². The Morgan fingerprint density at radius 2 is 1.74 bits per heavy atom. The van der Waals surface area contributed by atoms with Crippen LogP contribution in [0.4, 0.5) is 0 Å². The summed E-state index contributed by atoms with van der Waals surface area (Å²) in [6.45, 7) is 0.122. The number of methoxy groups -OCH3 is 2. The molecule has 0 aliphatic carbocycles. The van der Waals surface area contributed by atoms with E-state index in [9.17, 15) is 9.59 Å². The number of cyclic esters (lactones) is 2. The molecule has 0 atom stereocenters. The van der Waals surface area contributed by atoms with Gasteiger partial charge in [-0.15, -0.1) is 0 Å². The van der Waals surface area contributed by atoms with Gasteiger partial charge in [-0.25, -0.2) is 9.59 Å². The molecule has 7 nitrogen and oxygen atoms in total. The second-order valence-electron chi connectivity index (χ2n) is 5.95. The van der Waals surface area contributed by atoms with E-state index in [0.29, 0.717) is 28.6 Å². The zero-order chi connectivity index (χ0) is 19.0. The first-order valence-corrected chi connectivity index (χ1v) is 8.21. The first-order valence-electron chi connectivity index (χ1n) is 8.21. The average Bonchev–Trinajstić information content (AvgIpc) is 3.25. The number of rotatable bonds is 5. The van der Waals surface area contributed by atoms with Crippen LogP contribution < -0.4 is 18.9 Å². The molecule has 0 N–H and O–H groups in total. The van der Waals surface area contributed by atoms with Crippen LogP contribution in [-0.4, -0.2) is 33.0 Å². The fourth-order valence-corrected chi connectivity index (χ4v) is 3.12. The zero-order valence-electron chi connectivity index (χ0n) is 14.7. The molecule has 2 heterocycles. The fourth-order valence-electron chi connectivity index (χ4n) is 3.12. The SMILES string of the molecule is COc1ccc(CC2=C(c3ccc4c(c3)OCO4)C(=O)OC2=O)c(OC)c1. The van der Waals surface area contributed by atoms with E-state index in [4.69, 9.17) is 23.7 Å². The summed E-state index contributed by atoms with van der Waals surface area (Å²) < 4.78 is 26.1.